The number of benzene rings is 1. The summed E-state index contributed by atoms with van der Waals surface area (Å²) in [5, 5.41) is 4.94. The van der Waals surface area contributed by atoms with Crippen molar-refractivity contribution in [2.45, 2.75) is 0 Å². The van der Waals surface area contributed by atoms with Crippen molar-refractivity contribution < 1.29 is 4.74 Å². The Morgan fingerprint density at radius 2 is 1.93 bits per heavy atom. The zero-order valence-electron chi connectivity index (χ0n) is 7.95. The second kappa shape index (κ2) is 4.13. The third-order valence-corrected chi connectivity index (χ3v) is 2.64. The van der Waals surface area contributed by atoms with Crippen LogP contribution in [0.1, 0.15) is 0 Å². The molecule has 0 spiro atoms. The molecular weight excluding hydrogens is 235 g/mol. The first-order chi connectivity index (χ1) is 7.18. The summed E-state index contributed by atoms with van der Waals surface area (Å²) in [7, 11) is 1.74. The number of hydrogen-bond acceptors (Lipinski definition) is 2. The molecule has 0 aliphatic heterocycles. The van der Waals surface area contributed by atoms with E-state index in [2.05, 4.69) is 5.10 Å². The van der Waals surface area contributed by atoms with Crippen LogP contribution >= 0.6 is 23.2 Å². The fourth-order valence-corrected chi connectivity index (χ4v) is 1.42. The van der Waals surface area contributed by atoms with Crippen LogP contribution in [-0.4, -0.2) is 9.78 Å². The molecular formula is C10H8Cl2N2O. The molecule has 0 radical (unpaired) electrons. The fourth-order valence-electron chi connectivity index (χ4n) is 1.12. The van der Waals surface area contributed by atoms with E-state index >= 15 is 0 Å². The summed E-state index contributed by atoms with van der Waals surface area (Å²) >= 11 is 11.9. The van der Waals surface area contributed by atoms with E-state index in [1.165, 1.54) is 4.68 Å². The van der Waals surface area contributed by atoms with Crippen LogP contribution in [0.2, 0.25) is 10.2 Å². The SMILES string of the molecule is Cn1ncc(Oc2ccccc2Cl)c1Cl. The maximum absolute atomic E-state index is 5.94. The Balaban J connectivity index is 2.30. The topological polar surface area (TPSA) is 27.1 Å². The molecule has 78 valence electrons. The minimum Gasteiger partial charge on any atom is -0.451 e. The average Bonchev–Trinajstić information content (AvgIpc) is 2.53. The number of hydrogen-bond donors (Lipinski definition) is 0. The van der Waals surface area contributed by atoms with Crippen LogP contribution in [0.15, 0.2) is 30.5 Å². The summed E-state index contributed by atoms with van der Waals surface area (Å²) < 4.78 is 7.04. The van der Waals surface area contributed by atoms with Gasteiger partial charge in [0.1, 0.15) is 5.75 Å². The highest BCUT2D eigenvalue weighted by Crippen LogP contribution is 2.32. The van der Waals surface area contributed by atoms with Crippen molar-refractivity contribution >= 4 is 23.2 Å². The van der Waals surface area contributed by atoms with Crippen molar-refractivity contribution in [2.24, 2.45) is 7.05 Å². The quantitative estimate of drug-likeness (QED) is 0.806. The highest BCUT2D eigenvalue weighted by atomic mass is 35.5. The number of ether oxygens (including phenoxy) is 1. The smallest absolute Gasteiger partial charge is 0.184 e. The first kappa shape index (κ1) is 10.3. The molecule has 0 N–H and O–H groups in total. The number of nitrogens with zero attached hydrogens (tertiary/aromatic N) is 2. The van der Waals surface area contributed by atoms with Gasteiger partial charge in [0.05, 0.1) is 11.2 Å². The van der Waals surface area contributed by atoms with Gasteiger partial charge in [0.2, 0.25) is 0 Å². The second-order valence-electron chi connectivity index (χ2n) is 2.96. The van der Waals surface area contributed by atoms with E-state index in [0.29, 0.717) is 21.7 Å². The summed E-state index contributed by atoms with van der Waals surface area (Å²) in [6.45, 7) is 0. The number of halogens is 2. The predicted molar refractivity (Wildman–Crippen MR) is 59.7 cm³/mol. The summed E-state index contributed by atoms with van der Waals surface area (Å²) in [6, 6.07) is 7.19. The zero-order chi connectivity index (χ0) is 10.8. The molecule has 0 amide bonds. The maximum atomic E-state index is 5.94. The van der Waals surface area contributed by atoms with E-state index in [0.717, 1.165) is 0 Å². The van der Waals surface area contributed by atoms with Crippen molar-refractivity contribution in [1.82, 2.24) is 9.78 Å². The van der Waals surface area contributed by atoms with Gasteiger partial charge in [0.25, 0.3) is 0 Å². The van der Waals surface area contributed by atoms with Crippen molar-refractivity contribution in [3.05, 3.63) is 40.6 Å². The van der Waals surface area contributed by atoms with Gasteiger partial charge in [-0.3, -0.25) is 4.68 Å². The number of aromatic nitrogens is 2. The largest absolute Gasteiger partial charge is 0.451 e. The fraction of sp³-hybridized carbons (Fsp3) is 0.100. The molecule has 1 aromatic heterocycles. The van der Waals surface area contributed by atoms with Crippen molar-refractivity contribution in [2.75, 3.05) is 0 Å². The minimum absolute atomic E-state index is 0.440. The highest BCUT2D eigenvalue weighted by molar-refractivity contribution is 6.32. The van der Waals surface area contributed by atoms with Gasteiger partial charge < -0.3 is 4.74 Å². The molecule has 0 unspecified atom stereocenters. The lowest BCUT2D eigenvalue weighted by molar-refractivity contribution is 0.482. The van der Waals surface area contributed by atoms with Crippen molar-refractivity contribution in [3.8, 4) is 11.5 Å². The Morgan fingerprint density at radius 1 is 1.20 bits per heavy atom. The Hall–Kier alpha value is -1.19. The molecule has 15 heavy (non-hydrogen) atoms. The van der Waals surface area contributed by atoms with Crippen molar-refractivity contribution in [1.29, 1.82) is 0 Å². The first-order valence-corrected chi connectivity index (χ1v) is 5.04. The molecule has 2 aromatic rings. The van der Waals surface area contributed by atoms with E-state index in [1.54, 1.807) is 25.4 Å². The average molecular weight is 243 g/mol. The normalized spacial score (nSPS) is 10.3. The maximum Gasteiger partial charge on any atom is 0.184 e. The molecule has 1 heterocycles. The summed E-state index contributed by atoms with van der Waals surface area (Å²) in [6.07, 6.45) is 1.55. The molecule has 0 aliphatic rings. The molecule has 0 bridgehead atoms. The summed E-state index contributed by atoms with van der Waals surface area (Å²) in [4.78, 5) is 0. The van der Waals surface area contributed by atoms with Crippen LogP contribution in [0.5, 0.6) is 11.5 Å². The van der Waals surface area contributed by atoms with Crippen LogP contribution in [0.3, 0.4) is 0 Å². The van der Waals surface area contributed by atoms with Crippen LogP contribution in [0.25, 0.3) is 0 Å². The van der Waals surface area contributed by atoms with Crippen LogP contribution in [-0.2, 0) is 7.05 Å². The van der Waals surface area contributed by atoms with Gasteiger partial charge in [-0.1, -0.05) is 35.3 Å². The van der Waals surface area contributed by atoms with E-state index < -0.39 is 0 Å². The zero-order valence-corrected chi connectivity index (χ0v) is 9.46. The van der Waals surface area contributed by atoms with Gasteiger partial charge in [-0.2, -0.15) is 5.10 Å². The van der Waals surface area contributed by atoms with E-state index in [1.807, 2.05) is 12.1 Å². The lowest BCUT2D eigenvalue weighted by Crippen LogP contribution is -1.89. The molecule has 1 aromatic carbocycles. The molecule has 0 atom stereocenters. The van der Waals surface area contributed by atoms with E-state index in [4.69, 9.17) is 27.9 Å². The van der Waals surface area contributed by atoms with Crippen molar-refractivity contribution in [3.63, 3.8) is 0 Å². The Bertz CT molecular complexity index is 482. The van der Waals surface area contributed by atoms with Gasteiger partial charge in [0.15, 0.2) is 10.9 Å². The second-order valence-corrected chi connectivity index (χ2v) is 3.72. The van der Waals surface area contributed by atoms with Gasteiger partial charge >= 0.3 is 0 Å². The van der Waals surface area contributed by atoms with Gasteiger partial charge in [-0.05, 0) is 12.1 Å². The third kappa shape index (κ3) is 2.08. The van der Waals surface area contributed by atoms with Gasteiger partial charge in [-0.15, -0.1) is 0 Å². The summed E-state index contributed by atoms with van der Waals surface area (Å²) in [5.41, 5.74) is 0. The third-order valence-electron chi connectivity index (χ3n) is 1.89. The van der Waals surface area contributed by atoms with Crippen LogP contribution < -0.4 is 4.74 Å². The monoisotopic (exact) mass is 242 g/mol. The molecule has 2 rings (SSSR count). The molecule has 0 fully saturated rings. The highest BCUT2D eigenvalue weighted by Gasteiger charge is 2.09. The molecule has 3 nitrogen and oxygen atoms in total. The Labute approximate surface area is 97.2 Å². The van der Waals surface area contributed by atoms with Crippen LogP contribution in [0, 0.1) is 0 Å². The Morgan fingerprint density at radius 3 is 2.53 bits per heavy atom. The number of rotatable bonds is 2. The minimum atomic E-state index is 0.440. The lowest BCUT2D eigenvalue weighted by atomic mass is 10.3. The predicted octanol–water partition coefficient (Wildman–Crippen LogP) is 3.52. The van der Waals surface area contributed by atoms with Gasteiger partial charge in [-0.25, -0.2) is 0 Å². The molecule has 0 saturated heterocycles. The standard InChI is InChI=1S/C10H8Cl2N2O/c1-14-10(12)9(6-13-14)15-8-5-3-2-4-7(8)11/h2-6H,1H3. The van der Waals surface area contributed by atoms with Gasteiger partial charge in [0, 0.05) is 7.05 Å². The molecule has 0 saturated carbocycles. The summed E-state index contributed by atoms with van der Waals surface area (Å²) in [5.74, 6) is 1.06. The van der Waals surface area contributed by atoms with Crippen LogP contribution in [0.4, 0.5) is 0 Å². The number of para-hydroxylation sites is 1. The van der Waals surface area contributed by atoms with E-state index in [9.17, 15) is 0 Å². The number of aryl methyl sites for hydroxylation is 1. The molecule has 5 heteroatoms. The van der Waals surface area contributed by atoms with E-state index in [-0.39, 0.29) is 0 Å². The Kier molecular flexibility index (Phi) is 2.84. The lowest BCUT2D eigenvalue weighted by Gasteiger charge is -2.04. The molecule has 0 aliphatic carbocycles. The first-order valence-electron chi connectivity index (χ1n) is 4.28.